The second-order valence-corrected chi connectivity index (χ2v) is 6.08. The Morgan fingerprint density at radius 1 is 1.14 bits per heavy atom. The molecule has 4 rings (SSSR count). The lowest BCUT2D eigenvalue weighted by molar-refractivity contribution is -0.0381. The van der Waals surface area contributed by atoms with Crippen LogP contribution in [0.1, 0.15) is 36.1 Å². The first-order valence-electron chi connectivity index (χ1n) is 7.98. The summed E-state index contributed by atoms with van der Waals surface area (Å²) >= 11 is 0. The number of ether oxygens (including phenoxy) is 2. The summed E-state index contributed by atoms with van der Waals surface area (Å²) in [5, 5.41) is 3.73. The highest BCUT2D eigenvalue weighted by Crippen LogP contribution is 2.49. The second-order valence-electron chi connectivity index (χ2n) is 6.08. The standard InChI is InChI=1S/C19H21NO2/c1-21-14-7-4-6-13(12-14)18-16-9-5-11-22-19(16)15-8-2-3-10-17(15)20-18/h2-4,6-8,10,12,16,18-20H,5,9,11H2,1H3/t16-,18-,19+/m0/s1. The molecule has 2 aromatic carbocycles. The summed E-state index contributed by atoms with van der Waals surface area (Å²) in [7, 11) is 1.72. The van der Waals surface area contributed by atoms with Gasteiger partial charge in [-0.25, -0.2) is 0 Å². The Morgan fingerprint density at radius 2 is 2.05 bits per heavy atom. The zero-order valence-corrected chi connectivity index (χ0v) is 12.8. The fraction of sp³-hybridized carbons (Fsp3) is 0.368. The van der Waals surface area contributed by atoms with Crippen LogP contribution in [0.25, 0.3) is 0 Å². The SMILES string of the molecule is COc1cccc([C@@H]2Nc3ccccc3[C@H]3OCCC[C@H]32)c1. The number of hydrogen-bond acceptors (Lipinski definition) is 3. The molecule has 0 aromatic heterocycles. The van der Waals surface area contributed by atoms with Gasteiger partial charge in [0.05, 0.1) is 19.3 Å². The van der Waals surface area contributed by atoms with Gasteiger partial charge in [0.25, 0.3) is 0 Å². The molecule has 1 saturated heterocycles. The Bertz CT molecular complexity index is 670. The number of rotatable bonds is 2. The van der Waals surface area contributed by atoms with Crippen LogP contribution in [-0.2, 0) is 4.74 Å². The van der Waals surface area contributed by atoms with Crippen LogP contribution >= 0.6 is 0 Å². The van der Waals surface area contributed by atoms with Gasteiger partial charge < -0.3 is 14.8 Å². The predicted molar refractivity (Wildman–Crippen MR) is 87.2 cm³/mol. The third-order valence-electron chi connectivity index (χ3n) is 4.83. The molecule has 0 amide bonds. The van der Waals surface area contributed by atoms with E-state index in [9.17, 15) is 0 Å². The maximum atomic E-state index is 6.15. The van der Waals surface area contributed by atoms with Crippen molar-refractivity contribution in [1.82, 2.24) is 0 Å². The number of para-hydroxylation sites is 1. The highest BCUT2D eigenvalue weighted by Gasteiger charge is 2.39. The molecule has 0 aliphatic carbocycles. The van der Waals surface area contributed by atoms with E-state index in [2.05, 4.69) is 47.8 Å². The van der Waals surface area contributed by atoms with Crippen molar-refractivity contribution in [2.75, 3.05) is 19.0 Å². The number of nitrogens with one attached hydrogen (secondary N) is 1. The maximum Gasteiger partial charge on any atom is 0.119 e. The number of methoxy groups -OCH3 is 1. The molecule has 114 valence electrons. The van der Waals surface area contributed by atoms with Crippen molar-refractivity contribution >= 4 is 5.69 Å². The van der Waals surface area contributed by atoms with Crippen molar-refractivity contribution < 1.29 is 9.47 Å². The van der Waals surface area contributed by atoms with Crippen LogP contribution in [0.4, 0.5) is 5.69 Å². The first-order chi connectivity index (χ1) is 10.9. The normalized spacial score (nSPS) is 26.5. The summed E-state index contributed by atoms with van der Waals surface area (Å²) in [4.78, 5) is 0. The van der Waals surface area contributed by atoms with Crippen LogP contribution in [0, 0.1) is 5.92 Å². The quantitative estimate of drug-likeness (QED) is 0.894. The lowest BCUT2D eigenvalue weighted by Crippen LogP contribution is -2.35. The van der Waals surface area contributed by atoms with Crippen LogP contribution in [0.5, 0.6) is 5.75 Å². The Balaban J connectivity index is 1.76. The summed E-state index contributed by atoms with van der Waals surface area (Å²) < 4.78 is 11.5. The maximum absolute atomic E-state index is 6.15. The molecule has 3 heteroatoms. The van der Waals surface area contributed by atoms with E-state index in [1.165, 1.54) is 23.2 Å². The molecule has 3 nitrogen and oxygen atoms in total. The minimum absolute atomic E-state index is 0.197. The van der Waals surface area contributed by atoms with E-state index in [4.69, 9.17) is 9.47 Å². The molecular formula is C19H21NO2. The summed E-state index contributed by atoms with van der Waals surface area (Å²) in [5.41, 5.74) is 3.76. The monoisotopic (exact) mass is 295 g/mol. The molecule has 2 heterocycles. The van der Waals surface area contributed by atoms with Crippen molar-refractivity contribution in [2.24, 2.45) is 5.92 Å². The van der Waals surface area contributed by atoms with Gasteiger partial charge >= 0.3 is 0 Å². The topological polar surface area (TPSA) is 30.5 Å². The second kappa shape index (κ2) is 5.65. The Labute approximate surface area is 131 Å². The van der Waals surface area contributed by atoms with E-state index in [-0.39, 0.29) is 12.1 Å². The van der Waals surface area contributed by atoms with E-state index in [0.29, 0.717) is 5.92 Å². The molecule has 22 heavy (non-hydrogen) atoms. The van der Waals surface area contributed by atoms with Crippen molar-refractivity contribution in [3.8, 4) is 5.75 Å². The minimum Gasteiger partial charge on any atom is -0.497 e. The summed E-state index contributed by atoms with van der Waals surface area (Å²) in [6, 6.07) is 17.2. The van der Waals surface area contributed by atoms with Gasteiger partial charge in [-0.15, -0.1) is 0 Å². The molecule has 0 bridgehead atoms. The average molecular weight is 295 g/mol. The molecule has 3 atom stereocenters. The zero-order valence-electron chi connectivity index (χ0n) is 12.8. The lowest BCUT2D eigenvalue weighted by atomic mass is 9.77. The predicted octanol–water partition coefficient (Wildman–Crippen LogP) is 4.33. The van der Waals surface area contributed by atoms with Crippen molar-refractivity contribution in [3.63, 3.8) is 0 Å². The van der Waals surface area contributed by atoms with Crippen LogP contribution in [0.15, 0.2) is 48.5 Å². The van der Waals surface area contributed by atoms with Gasteiger partial charge in [-0.2, -0.15) is 0 Å². The van der Waals surface area contributed by atoms with Gasteiger partial charge in [0.2, 0.25) is 0 Å². The third-order valence-corrected chi connectivity index (χ3v) is 4.83. The minimum atomic E-state index is 0.197. The first kappa shape index (κ1) is 13.6. The summed E-state index contributed by atoms with van der Waals surface area (Å²) in [6.07, 6.45) is 2.52. The highest BCUT2D eigenvalue weighted by molar-refractivity contribution is 5.57. The van der Waals surface area contributed by atoms with Crippen molar-refractivity contribution in [1.29, 1.82) is 0 Å². The number of benzene rings is 2. The van der Waals surface area contributed by atoms with Gasteiger partial charge in [-0.05, 0) is 36.6 Å². The molecule has 2 aliphatic heterocycles. The summed E-state index contributed by atoms with van der Waals surface area (Å²) in [5.74, 6) is 1.38. The molecule has 1 N–H and O–H groups in total. The molecule has 1 fully saturated rings. The number of fused-ring (bicyclic) bond motifs is 3. The molecule has 0 spiro atoms. The van der Waals surface area contributed by atoms with Gasteiger partial charge in [0, 0.05) is 23.8 Å². The highest BCUT2D eigenvalue weighted by atomic mass is 16.5. The zero-order chi connectivity index (χ0) is 14.9. The fourth-order valence-corrected chi connectivity index (χ4v) is 3.78. The van der Waals surface area contributed by atoms with Crippen molar-refractivity contribution in [3.05, 3.63) is 59.7 Å². The van der Waals surface area contributed by atoms with E-state index in [1.54, 1.807) is 7.11 Å². The van der Waals surface area contributed by atoms with Crippen molar-refractivity contribution in [2.45, 2.75) is 25.0 Å². The molecule has 0 radical (unpaired) electrons. The average Bonchev–Trinajstić information content (AvgIpc) is 2.61. The van der Waals surface area contributed by atoms with Crippen LogP contribution in [-0.4, -0.2) is 13.7 Å². The Morgan fingerprint density at radius 3 is 2.95 bits per heavy atom. The number of anilines is 1. The van der Waals surface area contributed by atoms with Gasteiger partial charge in [-0.3, -0.25) is 0 Å². The molecule has 2 aliphatic rings. The largest absolute Gasteiger partial charge is 0.497 e. The van der Waals surface area contributed by atoms with Crippen LogP contribution in [0.3, 0.4) is 0 Å². The van der Waals surface area contributed by atoms with Gasteiger partial charge in [0.1, 0.15) is 5.75 Å². The van der Waals surface area contributed by atoms with Gasteiger partial charge in [0.15, 0.2) is 0 Å². The lowest BCUT2D eigenvalue weighted by Gasteiger charge is -2.43. The van der Waals surface area contributed by atoms with E-state index < -0.39 is 0 Å². The first-order valence-corrected chi connectivity index (χ1v) is 7.98. The Hall–Kier alpha value is -2.00. The van der Waals surface area contributed by atoms with Crippen LogP contribution in [0.2, 0.25) is 0 Å². The molecular weight excluding hydrogens is 274 g/mol. The fourth-order valence-electron chi connectivity index (χ4n) is 3.78. The van der Waals surface area contributed by atoms with Crippen LogP contribution < -0.4 is 10.1 Å². The summed E-state index contributed by atoms with van der Waals surface area (Å²) in [6.45, 7) is 0.861. The van der Waals surface area contributed by atoms with E-state index in [1.807, 2.05) is 6.07 Å². The molecule has 0 unspecified atom stereocenters. The molecule has 2 aromatic rings. The van der Waals surface area contributed by atoms with Gasteiger partial charge in [-0.1, -0.05) is 30.3 Å². The molecule has 0 saturated carbocycles. The smallest absolute Gasteiger partial charge is 0.119 e. The van der Waals surface area contributed by atoms with E-state index >= 15 is 0 Å². The Kier molecular flexibility index (Phi) is 3.51. The third kappa shape index (κ3) is 2.26. The van der Waals surface area contributed by atoms with E-state index in [0.717, 1.165) is 18.8 Å². The number of hydrogen-bond donors (Lipinski definition) is 1.